The van der Waals surface area contributed by atoms with Gasteiger partial charge in [-0.1, -0.05) is 11.6 Å². The third-order valence-electron chi connectivity index (χ3n) is 4.26. The monoisotopic (exact) mass is 334 g/mol. The summed E-state index contributed by atoms with van der Waals surface area (Å²) in [5.74, 6) is -0.368. The van der Waals surface area contributed by atoms with Crippen LogP contribution in [-0.4, -0.2) is 29.2 Å². The topological polar surface area (TPSA) is 60.3 Å². The van der Waals surface area contributed by atoms with E-state index in [0.717, 1.165) is 11.9 Å². The number of ether oxygens (including phenoxy) is 1. The number of hydrogen-bond donors (Lipinski definition) is 1. The zero-order chi connectivity index (χ0) is 16.6. The van der Waals surface area contributed by atoms with Crippen LogP contribution < -0.4 is 10.7 Å². The summed E-state index contributed by atoms with van der Waals surface area (Å²) >= 11 is 6.01. The number of amides is 1. The first kappa shape index (κ1) is 16.0. The molecule has 1 aromatic carbocycles. The van der Waals surface area contributed by atoms with Gasteiger partial charge in [0.2, 0.25) is 5.43 Å². The molecule has 1 N–H and O–H groups in total. The highest BCUT2D eigenvalue weighted by Gasteiger charge is 2.32. The van der Waals surface area contributed by atoms with E-state index in [1.165, 1.54) is 0 Å². The van der Waals surface area contributed by atoms with Crippen LogP contribution in [0.1, 0.15) is 30.6 Å². The number of nitrogens with one attached hydrogen (secondary N) is 1. The van der Waals surface area contributed by atoms with Crippen molar-refractivity contribution >= 4 is 28.4 Å². The minimum atomic E-state index is -0.427. The Kier molecular flexibility index (Phi) is 4.17. The third kappa shape index (κ3) is 2.99. The van der Waals surface area contributed by atoms with E-state index in [0.29, 0.717) is 30.2 Å². The number of fused-ring (bicyclic) bond motifs is 1. The van der Waals surface area contributed by atoms with Crippen molar-refractivity contribution in [2.24, 2.45) is 0 Å². The first-order chi connectivity index (χ1) is 10.9. The standard InChI is InChI=1S/C17H19ClN2O3/c1-3-20-9-13(16(22)19-17(2)6-7-23-10-17)15(21)12-8-11(18)4-5-14(12)20/h4-5,8-9H,3,6-7,10H2,1-2H3,(H,19,22). The number of aromatic nitrogens is 1. The summed E-state index contributed by atoms with van der Waals surface area (Å²) in [5.41, 5.74) is 0.181. The summed E-state index contributed by atoms with van der Waals surface area (Å²) in [6, 6.07) is 5.16. The molecule has 1 aromatic heterocycles. The van der Waals surface area contributed by atoms with Gasteiger partial charge < -0.3 is 14.6 Å². The SMILES string of the molecule is CCn1cc(C(=O)NC2(C)CCOC2)c(=O)c2cc(Cl)ccc21. The van der Waals surface area contributed by atoms with Crippen molar-refractivity contribution in [2.45, 2.75) is 32.4 Å². The van der Waals surface area contributed by atoms with Crippen LogP contribution in [0, 0.1) is 0 Å². The van der Waals surface area contributed by atoms with Gasteiger partial charge in [0.05, 0.1) is 17.7 Å². The van der Waals surface area contributed by atoms with Gasteiger partial charge in [0.1, 0.15) is 5.56 Å². The maximum absolute atomic E-state index is 12.7. The van der Waals surface area contributed by atoms with E-state index in [9.17, 15) is 9.59 Å². The second-order valence-electron chi connectivity index (χ2n) is 6.14. The molecule has 0 saturated carbocycles. The molecular weight excluding hydrogens is 316 g/mol. The van der Waals surface area contributed by atoms with Crippen LogP contribution in [0.2, 0.25) is 5.02 Å². The van der Waals surface area contributed by atoms with Gasteiger partial charge >= 0.3 is 0 Å². The van der Waals surface area contributed by atoms with Crippen molar-refractivity contribution in [1.29, 1.82) is 0 Å². The van der Waals surface area contributed by atoms with E-state index in [1.807, 2.05) is 18.4 Å². The lowest BCUT2D eigenvalue weighted by molar-refractivity contribution is 0.0888. The molecular formula is C17H19ClN2O3. The van der Waals surface area contributed by atoms with Crippen molar-refractivity contribution in [1.82, 2.24) is 9.88 Å². The molecule has 6 heteroatoms. The van der Waals surface area contributed by atoms with Crippen LogP contribution >= 0.6 is 11.6 Å². The molecule has 1 saturated heterocycles. The van der Waals surface area contributed by atoms with E-state index in [2.05, 4.69) is 5.32 Å². The van der Waals surface area contributed by atoms with E-state index in [-0.39, 0.29) is 16.9 Å². The van der Waals surface area contributed by atoms with Crippen LogP contribution in [0.3, 0.4) is 0 Å². The molecule has 1 atom stereocenters. The number of halogens is 1. The lowest BCUT2D eigenvalue weighted by Gasteiger charge is -2.23. The molecule has 0 radical (unpaired) electrons. The molecule has 1 aliphatic rings. The second-order valence-corrected chi connectivity index (χ2v) is 6.57. The molecule has 1 unspecified atom stereocenters. The smallest absolute Gasteiger partial charge is 0.257 e. The van der Waals surface area contributed by atoms with Gasteiger partial charge in [-0.25, -0.2) is 0 Å². The molecule has 1 amide bonds. The zero-order valence-corrected chi connectivity index (χ0v) is 13.9. The molecule has 5 nitrogen and oxygen atoms in total. The van der Waals surface area contributed by atoms with E-state index < -0.39 is 5.54 Å². The molecule has 1 fully saturated rings. The van der Waals surface area contributed by atoms with E-state index in [4.69, 9.17) is 16.3 Å². The minimum Gasteiger partial charge on any atom is -0.379 e. The van der Waals surface area contributed by atoms with Crippen LogP contribution in [-0.2, 0) is 11.3 Å². The fourth-order valence-corrected chi connectivity index (χ4v) is 3.07. The number of carbonyl (C=O) groups excluding carboxylic acids is 1. The summed E-state index contributed by atoms with van der Waals surface area (Å²) in [6.07, 6.45) is 2.35. The molecule has 0 aliphatic carbocycles. The van der Waals surface area contributed by atoms with Gasteiger partial charge in [-0.15, -0.1) is 0 Å². The van der Waals surface area contributed by atoms with E-state index in [1.54, 1.807) is 24.4 Å². The molecule has 2 heterocycles. The molecule has 23 heavy (non-hydrogen) atoms. The third-order valence-corrected chi connectivity index (χ3v) is 4.50. The average molecular weight is 335 g/mol. The largest absolute Gasteiger partial charge is 0.379 e. The maximum Gasteiger partial charge on any atom is 0.257 e. The number of carbonyl (C=O) groups is 1. The van der Waals surface area contributed by atoms with Crippen molar-refractivity contribution < 1.29 is 9.53 Å². The Labute approximate surface area is 139 Å². The zero-order valence-electron chi connectivity index (χ0n) is 13.2. The second kappa shape index (κ2) is 5.98. The number of benzene rings is 1. The number of hydrogen-bond acceptors (Lipinski definition) is 3. The maximum atomic E-state index is 12.7. The normalized spacial score (nSPS) is 20.8. The molecule has 0 bridgehead atoms. The number of rotatable bonds is 3. The predicted octanol–water partition coefficient (Wildman–Crippen LogP) is 2.58. The minimum absolute atomic E-state index is 0.134. The Balaban J connectivity index is 2.08. The van der Waals surface area contributed by atoms with Gasteiger partial charge in [-0.05, 0) is 38.5 Å². The summed E-state index contributed by atoms with van der Waals surface area (Å²) in [6.45, 7) is 5.61. The quantitative estimate of drug-likeness (QED) is 0.938. The Morgan fingerprint density at radius 1 is 1.48 bits per heavy atom. The Hall–Kier alpha value is -1.85. The van der Waals surface area contributed by atoms with Crippen molar-refractivity contribution in [3.63, 3.8) is 0 Å². The van der Waals surface area contributed by atoms with Crippen LogP contribution in [0.25, 0.3) is 10.9 Å². The number of nitrogens with zero attached hydrogens (tertiary/aromatic N) is 1. The summed E-state index contributed by atoms with van der Waals surface area (Å²) in [7, 11) is 0. The van der Waals surface area contributed by atoms with Crippen molar-refractivity contribution in [3.05, 3.63) is 45.2 Å². The van der Waals surface area contributed by atoms with E-state index >= 15 is 0 Å². The number of aryl methyl sites for hydroxylation is 1. The van der Waals surface area contributed by atoms with Crippen molar-refractivity contribution in [3.8, 4) is 0 Å². The molecule has 1 aliphatic heterocycles. The number of pyridine rings is 1. The summed E-state index contributed by atoms with van der Waals surface area (Å²) in [4.78, 5) is 25.3. The van der Waals surface area contributed by atoms with Gasteiger partial charge in [0.15, 0.2) is 0 Å². The van der Waals surface area contributed by atoms with Gasteiger partial charge in [0.25, 0.3) is 5.91 Å². The molecule has 2 aromatic rings. The fourth-order valence-electron chi connectivity index (χ4n) is 2.90. The Bertz CT molecular complexity index is 822. The molecule has 0 spiro atoms. The summed E-state index contributed by atoms with van der Waals surface area (Å²) < 4.78 is 7.23. The van der Waals surface area contributed by atoms with Gasteiger partial charge in [-0.2, -0.15) is 0 Å². The molecule has 3 rings (SSSR count). The first-order valence-electron chi connectivity index (χ1n) is 7.66. The highest BCUT2D eigenvalue weighted by molar-refractivity contribution is 6.31. The molecule has 122 valence electrons. The van der Waals surface area contributed by atoms with Crippen LogP contribution in [0.15, 0.2) is 29.2 Å². The van der Waals surface area contributed by atoms with Crippen LogP contribution in [0.5, 0.6) is 0 Å². The summed E-state index contributed by atoms with van der Waals surface area (Å²) in [5, 5.41) is 3.87. The highest BCUT2D eigenvalue weighted by atomic mass is 35.5. The van der Waals surface area contributed by atoms with Crippen LogP contribution in [0.4, 0.5) is 0 Å². The first-order valence-corrected chi connectivity index (χ1v) is 8.04. The highest BCUT2D eigenvalue weighted by Crippen LogP contribution is 2.20. The predicted molar refractivity (Wildman–Crippen MR) is 90.2 cm³/mol. The van der Waals surface area contributed by atoms with Crippen molar-refractivity contribution in [2.75, 3.05) is 13.2 Å². The van der Waals surface area contributed by atoms with Gasteiger partial charge in [0, 0.05) is 29.8 Å². The fraction of sp³-hybridized carbons (Fsp3) is 0.412. The Morgan fingerprint density at radius 3 is 2.91 bits per heavy atom. The lowest BCUT2D eigenvalue weighted by Crippen LogP contribution is -2.47. The van der Waals surface area contributed by atoms with Gasteiger partial charge in [-0.3, -0.25) is 9.59 Å². The average Bonchev–Trinajstić information content (AvgIpc) is 2.94. The Morgan fingerprint density at radius 2 is 2.26 bits per heavy atom. The lowest BCUT2D eigenvalue weighted by atomic mass is 10.0.